The summed E-state index contributed by atoms with van der Waals surface area (Å²) in [7, 11) is 0. The summed E-state index contributed by atoms with van der Waals surface area (Å²) < 4.78 is 11.4. The zero-order valence-electron chi connectivity index (χ0n) is 26.7. The number of fused-ring (bicyclic) bond motifs is 5. The van der Waals surface area contributed by atoms with Gasteiger partial charge in [0.05, 0.1) is 36.1 Å². The monoisotopic (exact) mass is 626 g/mol. The fourth-order valence-electron chi connectivity index (χ4n) is 9.81. The summed E-state index contributed by atoms with van der Waals surface area (Å²) >= 11 is 0. The highest BCUT2D eigenvalue weighted by atomic mass is 16.7. The fourth-order valence-corrected chi connectivity index (χ4v) is 9.81. The van der Waals surface area contributed by atoms with Crippen LogP contribution in [0.25, 0.3) is 0 Å². The number of ketones is 1. The van der Waals surface area contributed by atoms with E-state index in [1.54, 1.807) is 13.0 Å². The van der Waals surface area contributed by atoms with Gasteiger partial charge in [-0.05, 0) is 93.1 Å². The van der Waals surface area contributed by atoms with Gasteiger partial charge in [-0.2, -0.15) is 0 Å². The van der Waals surface area contributed by atoms with Crippen LogP contribution < -0.4 is 0 Å². The summed E-state index contributed by atoms with van der Waals surface area (Å²) in [6, 6.07) is 0. The third-order valence-electron chi connectivity index (χ3n) is 12.6. The summed E-state index contributed by atoms with van der Waals surface area (Å²) in [4.78, 5) is 13.9. The maximum absolute atomic E-state index is 13.9. The van der Waals surface area contributed by atoms with Crippen LogP contribution in [-0.2, 0) is 14.3 Å². The van der Waals surface area contributed by atoms with Crippen molar-refractivity contribution in [3.8, 4) is 0 Å². The van der Waals surface area contributed by atoms with E-state index in [9.17, 15) is 45.6 Å². The molecule has 5 rings (SSSR count). The number of carbonyl (C=O) groups excluding carboxylic acids is 1. The highest BCUT2D eigenvalue weighted by Gasteiger charge is 2.69. The van der Waals surface area contributed by atoms with Crippen molar-refractivity contribution in [3.63, 3.8) is 0 Å². The van der Waals surface area contributed by atoms with Gasteiger partial charge in [0.15, 0.2) is 12.1 Å². The molecule has 1 heterocycles. The lowest BCUT2D eigenvalue weighted by molar-refractivity contribution is -0.322. The van der Waals surface area contributed by atoms with Crippen LogP contribution >= 0.6 is 0 Å². The Balaban J connectivity index is 1.38. The molecule has 0 aromatic rings. The van der Waals surface area contributed by atoms with E-state index in [0.717, 1.165) is 6.42 Å². The highest BCUT2D eigenvalue weighted by molar-refractivity contribution is 5.95. The fraction of sp³-hybridized carbons (Fsp3) is 0.909. The van der Waals surface area contributed by atoms with Crippen molar-refractivity contribution in [1.82, 2.24) is 0 Å². The van der Waals surface area contributed by atoms with Gasteiger partial charge in [-0.15, -0.1) is 0 Å². The molecule has 1 saturated heterocycles. The molecular weight excluding hydrogens is 572 g/mol. The average molecular weight is 627 g/mol. The SMILES string of the molecule is CC(C)CC[C@@H](O)[C@](C)(O)C1CCC2(O)C3=CC(=O)[C@@H]4C[C@@H](O[C@@H]5O[C@H](CO)[C@@H](O)[C@H](O)[C@H]5O)[C@@H](O)C[C@]4(C)[C@H]3CC[C@]12C. The van der Waals surface area contributed by atoms with Crippen LogP contribution in [0.1, 0.15) is 86.0 Å². The molecule has 11 nitrogen and oxygen atoms in total. The Morgan fingerprint density at radius 2 is 1.73 bits per heavy atom. The van der Waals surface area contributed by atoms with Crippen molar-refractivity contribution >= 4 is 5.78 Å². The van der Waals surface area contributed by atoms with E-state index in [1.807, 2.05) is 13.8 Å². The quantitative estimate of drug-likeness (QED) is 0.187. The number of hydrogen-bond acceptors (Lipinski definition) is 11. The molecule has 3 saturated carbocycles. The van der Waals surface area contributed by atoms with Crippen LogP contribution in [0, 0.1) is 34.5 Å². The van der Waals surface area contributed by atoms with Crippen LogP contribution in [-0.4, -0.2) is 113 Å². The maximum Gasteiger partial charge on any atom is 0.187 e. The first-order chi connectivity index (χ1) is 20.4. The molecule has 0 aromatic carbocycles. The molecule has 2 unspecified atom stereocenters. The van der Waals surface area contributed by atoms with E-state index in [1.165, 1.54) is 0 Å². The molecule has 8 N–H and O–H groups in total. The van der Waals surface area contributed by atoms with Gasteiger partial charge < -0.3 is 50.3 Å². The van der Waals surface area contributed by atoms with Crippen molar-refractivity contribution in [2.75, 3.05) is 6.61 Å². The van der Waals surface area contributed by atoms with Gasteiger partial charge in [-0.3, -0.25) is 4.79 Å². The number of rotatable bonds is 8. The second kappa shape index (κ2) is 11.9. The molecule has 0 aromatic heterocycles. The van der Waals surface area contributed by atoms with Crippen molar-refractivity contribution < 1.29 is 55.1 Å². The predicted molar refractivity (Wildman–Crippen MR) is 158 cm³/mol. The second-order valence-electron chi connectivity index (χ2n) is 15.6. The minimum absolute atomic E-state index is 0.126. The van der Waals surface area contributed by atoms with Gasteiger partial charge in [0.2, 0.25) is 0 Å². The zero-order chi connectivity index (χ0) is 32.6. The highest BCUT2D eigenvalue weighted by Crippen LogP contribution is 2.68. The van der Waals surface area contributed by atoms with Crippen molar-refractivity contribution in [2.45, 2.75) is 146 Å². The van der Waals surface area contributed by atoms with Crippen LogP contribution in [0.3, 0.4) is 0 Å². The van der Waals surface area contributed by atoms with Crippen LogP contribution in [0.2, 0.25) is 0 Å². The Bertz CT molecular complexity index is 1110. The predicted octanol–water partition coefficient (Wildman–Crippen LogP) is 0.563. The molecule has 11 heteroatoms. The third-order valence-corrected chi connectivity index (χ3v) is 12.6. The van der Waals surface area contributed by atoms with E-state index >= 15 is 0 Å². The Labute approximate surface area is 259 Å². The van der Waals surface area contributed by atoms with E-state index in [0.29, 0.717) is 43.6 Å². The van der Waals surface area contributed by atoms with Gasteiger partial charge in [0.25, 0.3) is 0 Å². The maximum atomic E-state index is 13.9. The largest absolute Gasteiger partial charge is 0.394 e. The standard InChI is InChI=1S/C33H54O11/c1-16(2)6-7-25(37)32(5,41)24-9-11-33(42)18-12-20(35)19-13-22(43-29-28(40)27(39)26(38)23(15-34)44-29)21(36)14-30(19,3)17(18)8-10-31(24,33)4/h12,16-17,19,21-29,34,36-42H,6-11,13-15H2,1-5H3/t17-,19-,21-,22+,23+,24?,25+,26+,27-,28+,29+,30+,31+,32+,33?/m0/s1. The Morgan fingerprint density at radius 3 is 2.36 bits per heavy atom. The number of hydrogen-bond donors (Lipinski definition) is 8. The van der Waals surface area contributed by atoms with Crippen LogP contribution in [0.5, 0.6) is 0 Å². The summed E-state index contributed by atoms with van der Waals surface area (Å²) in [6.45, 7) is 9.17. The van der Waals surface area contributed by atoms with Crippen molar-refractivity contribution in [1.29, 1.82) is 0 Å². The molecule has 15 atom stereocenters. The second-order valence-corrected chi connectivity index (χ2v) is 15.6. The number of carbonyl (C=O) groups is 1. The van der Waals surface area contributed by atoms with E-state index in [-0.39, 0.29) is 30.5 Å². The number of ether oxygens (including phenoxy) is 2. The first-order valence-electron chi connectivity index (χ1n) is 16.4. The summed E-state index contributed by atoms with van der Waals surface area (Å²) in [6.07, 6.45) is -5.04. The van der Waals surface area contributed by atoms with Gasteiger partial charge in [0.1, 0.15) is 24.4 Å². The molecule has 0 bridgehead atoms. The first kappa shape index (κ1) is 34.3. The lowest BCUT2D eigenvalue weighted by Gasteiger charge is -2.61. The molecule has 44 heavy (non-hydrogen) atoms. The summed E-state index contributed by atoms with van der Waals surface area (Å²) in [5.41, 5.74) is -3.55. The molecular formula is C33H54O11. The van der Waals surface area contributed by atoms with Gasteiger partial charge >= 0.3 is 0 Å². The zero-order valence-corrected chi connectivity index (χ0v) is 26.7. The molecule has 0 radical (unpaired) electrons. The van der Waals surface area contributed by atoms with Crippen LogP contribution in [0.4, 0.5) is 0 Å². The van der Waals surface area contributed by atoms with Gasteiger partial charge in [-0.1, -0.05) is 27.7 Å². The molecule has 4 fully saturated rings. The molecule has 0 amide bonds. The Kier molecular flexibility index (Phi) is 9.30. The molecule has 5 aliphatic rings. The minimum Gasteiger partial charge on any atom is -0.394 e. The third kappa shape index (κ3) is 5.23. The topological polar surface area (TPSA) is 197 Å². The Hall–Kier alpha value is -0.990. The molecule has 0 spiro atoms. The lowest BCUT2D eigenvalue weighted by atomic mass is 9.45. The summed E-state index contributed by atoms with van der Waals surface area (Å²) in [5.74, 6) is -0.913. The number of aliphatic hydroxyl groups is 8. The molecule has 4 aliphatic carbocycles. The van der Waals surface area contributed by atoms with E-state index < -0.39 is 83.6 Å². The lowest BCUT2D eigenvalue weighted by Crippen LogP contribution is -2.64. The van der Waals surface area contributed by atoms with Gasteiger partial charge in [-0.25, -0.2) is 0 Å². The average Bonchev–Trinajstić information content (AvgIpc) is 3.24. The number of allylic oxidation sites excluding steroid dienone is 1. The van der Waals surface area contributed by atoms with E-state index in [4.69, 9.17) is 9.47 Å². The molecule has 1 aliphatic heterocycles. The van der Waals surface area contributed by atoms with Gasteiger partial charge in [0, 0.05) is 11.3 Å². The van der Waals surface area contributed by atoms with Crippen molar-refractivity contribution in [2.24, 2.45) is 34.5 Å². The molecule has 252 valence electrons. The van der Waals surface area contributed by atoms with Crippen molar-refractivity contribution in [3.05, 3.63) is 11.6 Å². The van der Waals surface area contributed by atoms with E-state index in [2.05, 4.69) is 13.8 Å². The Morgan fingerprint density at radius 1 is 1.05 bits per heavy atom. The van der Waals surface area contributed by atoms with Crippen LogP contribution in [0.15, 0.2) is 11.6 Å². The first-order valence-corrected chi connectivity index (χ1v) is 16.4. The number of aliphatic hydroxyl groups excluding tert-OH is 6. The smallest absolute Gasteiger partial charge is 0.187 e. The normalized spacial score (nSPS) is 49.5. The summed E-state index contributed by atoms with van der Waals surface area (Å²) in [5, 5.41) is 86.9. The minimum atomic E-state index is -1.62.